The molecular formula is C49H102KNO17SSi3. The maximum Gasteiger partial charge on any atom is 1.00 e. The summed E-state index contributed by atoms with van der Waals surface area (Å²) in [6, 6.07) is 2.95. The van der Waals surface area contributed by atoms with Crippen LogP contribution in [0, 0.1) is 22.2 Å². The first-order valence-electron chi connectivity index (χ1n) is 25.3. The molecule has 18 nitrogen and oxygen atoms in total. The molecule has 0 saturated carbocycles. The van der Waals surface area contributed by atoms with Gasteiger partial charge in [-0.1, -0.05) is 54.4 Å². The van der Waals surface area contributed by atoms with E-state index in [9.17, 15) is 32.4 Å². The van der Waals surface area contributed by atoms with Crippen LogP contribution in [-0.2, 0) is 79.8 Å². The molecule has 424 valence electrons. The van der Waals surface area contributed by atoms with Gasteiger partial charge in [0.2, 0.25) is 0 Å². The molecule has 0 saturated heterocycles. The van der Waals surface area contributed by atoms with Gasteiger partial charge >= 0.3 is 84.1 Å². The average molecular weight is 1130 g/mol. The normalized spacial score (nSPS) is 12.5. The fraction of sp³-hybridized carbons (Fsp3) is 0.898. The van der Waals surface area contributed by atoms with Crippen molar-refractivity contribution in [2.24, 2.45) is 22.2 Å². The summed E-state index contributed by atoms with van der Waals surface area (Å²) in [5, 5.41) is 0. The molecule has 72 heavy (non-hydrogen) atoms. The summed E-state index contributed by atoms with van der Waals surface area (Å²) in [6.07, 6.45) is 7.84. The molecule has 0 aliphatic heterocycles. The number of amides is 1. The summed E-state index contributed by atoms with van der Waals surface area (Å²) >= 11 is 0. The number of unbranched alkanes of at least 4 members (excludes halogenated alkanes) is 1. The van der Waals surface area contributed by atoms with Crippen molar-refractivity contribution in [3.63, 3.8) is 0 Å². The van der Waals surface area contributed by atoms with Gasteiger partial charge in [-0.3, -0.25) is 19.2 Å². The topological polar surface area (TPSA) is 226 Å². The smallest absolute Gasteiger partial charge is 0.543 e. The molecule has 0 heterocycles. The third kappa shape index (κ3) is 42.5. The van der Waals surface area contributed by atoms with Crippen LogP contribution in [0.3, 0.4) is 0 Å². The fourth-order valence-corrected chi connectivity index (χ4v) is 16.5. The van der Waals surface area contributed by atoms with E-state index < -0.39 is 64.8 Å². The molecule has 0 aliphatic rings. The van der Waals surface area contributed by atoms with Gasteiger partial charge in [-0.2, -0.15) is 0 Å². The Labute approximate surface area is 483 Å². The predicted molar refractivity (Wildman–Crippen MR) is 287 cm³/mol. The fourth-order valence-electron chi connectivity index (χ4n) is 5.36. The number of esters is 4. The monoisotopic (exact) mass is 1130 g/mol. The van der Waals surface area contributed by atoms with Crippen molar-refractivity contribution in [2.45, 2.75) is 186 Å². The van der Waals surface area contributed by atoms with Crippen molar-refractivity contribution >= 4 is 65.2 Å². The molecule has 0 aromatic rings. The second-order valence-corrected chi connectivity index (χ2v) is 33.9. The number of rotatable bonds is 34. The van der Waals surface area contributed by atoms with Crippen molar-refractivity contribution < 1.29 is 130 Å². The van der Waals surface area contributed by atoms with Crippen LogP contribution in [0.15, 0.2) is 0 Å². The molecule has 0 spiro atoms. The molecule has 23 heteroatoms. The van der Waals surface area contributed by atoms with Crippen LogP contribution >= 0.6 is 0 Å². The van der Waals surface area contributed by atoms with E-state index in [0.717, 1.165) is 38.0 Å². The Morgan fingerprint density at radius 3 is 1.32 bits per heavy atom. The van der Waals surface area contributed by atoms with Crippen LogP contribution in [0.4, 0.5) is 0 Å². The van der Waals surface area contributed by atoms with Crippen molar-refractivity contribution in [3.05, 3.63) is 4.72 Å². The van der Waals surface area contributed by atoms with E-state index in [1.54, 1.807) is 35.2 Å². The summed E-state index contributed by atoms with van der Waals surface area (Å²) in [5.41, 5.74) is -1.47. The molecular weight excluding hydrogens is 1030 g/mol. The second kappa shape index (κ2) is 42.4. The summed E-state index contributed by atoms with van der Waals surface area (Å²) in [4.78, 5) is 57.2. The van der Waals surface area contributed by atoms with Crippen LogP contribution < -0.4 is 51.4 Å². The van der Waals surface area contributed by atoms with Gasteiger partial charge in [0, 0.05) is 40.2 Å². The van der Waals surface area contributed by atoms with Crippen molar-refractivity contribution in [2.75, 3.05) is 80.4 Å². The minimum absolute atomic E-state index is 0. The Balaban J connectivity index is -0.000000279. The minimum Gasteiger partial charge on any atom is -0.543 e. The van der Waals surface area contributed by atoms with E-state index in [1.165, 1.54) is 18.9 Å². The van der Waals surface area contributed by atoms with Gasteiger partial charge in [0.1, 0.15) is 19.1 Å². The molecule has 1 amide bonds. The number of hydrogen-bond acceptors (Lipinski definition) is 17. The number of carbonyl (C=O) groups is 5. The molecule has 1 unspecified atom stereocenters. The molecule has 0 aromatic carbocycles. The molecule has 0 aliphatic carbocycles. The van der Waals surface area contributed by atoms with Crippen LogP contribution in [-0.4, -0.2) is 144 Å². The van der Waals surface area contributed by atoms with Gasteiger partial charge in [0.05, 0.1) is 65.2 Å². The summed E-state index contributed by atoms with van der Waals surface area (Å²) in [7, 11) is -4.71. The van der Waals surface area contributed by atoms with E-state index >= 15 is 0 Å². The average Bonchev–Trinajstić information content (AvgIpc) is 3.30. The Kier molecular flexibility index (Phi) is 47.2. The predicted octanol–water partition coefficient (Wildman–Crippen LogP) is 7.28. The van der Waals surface area contributed by atoms with E-state index in [1.807, 2.05) is 69.2 Å². The zero-order valence-corrected chi connectivity index (χ0v) is 56.2. The first kappa shape index (κ1) is 80.2. The number of ether oxygens (including phenoxy) is 6. The van der Waals surface area contributed by atoms with Gasteiger partial charge < -0.3 is 55.3 Å². The Morgan fingerprint density at radius 1 is 0.556 bits per heavy atom. The largest absolute Gasteiger partial charge is 1.00 e. The van der Waals surface area contributed by atoms with Gasteiger partial charge in [-0.15, -0.1) is 0 Å². The molecule has 0 N–H and O–H groups in total. The van der Waals surface area contributed by atoms with E-state index in [-0.39, 0.29) is 80.6 Å². The van der Waals surface area contributed by atoms with Crippen molar-refractivity contribution in [3.8, 4) is 0 Å². The number of carbonyl (C=O) groups excluding carboxylic acids is 5. The molecule has 0 bridgehead atoms. The number of nitrogens with zero attached hydrogens (tertiary/aromatic N) is 1. The zero-order chi connectivity index (χ0) is 56.2. The zero-order valence-electron chi connectivity index (χ0n) is 49.3. The second-order valence-electron chi connectivity index (χ2n) is 20.3. The van der Waals surface area contributed by atoms with E-state index in [4.69, 9.17) is 41.1 Å². The van der Waals surface area contributed by atoms with E-state index in [0.29, 0.717) is 65.1 Å². The van der Waals surface area contributed by atoms with Crippen molar-refractivity contribution in [1.82, 2.24) is 0 Å². The number of hydrogen-bond donors (Lipinski definition) is 0. The Morgan fingerprint density at radius 2 is 0.944 bits per heavy atom. The summed E-state index contributed by atoms with van der Waals surface area (Å²) < 4.78 is 77.1. The first-order valence-corrected chi connectivity index (χ1v) is 35.3. The first-order chi connectivity index (χ1) is 32.6. The van der Waals surface area contributed by atoms with Gasteiger partial charge in [-0.25, -0.2) is 8.42 Å². The maximum atomic E-state index is 11.9. The SMILES string of the molecule is CCC(C)(C)C(=O)OCC(=O)[N-]S(C)(=O)=O.CCC(C)(C)C(=O)OCCC[Si](OC)(OC)OC.CCCC[Si](C)(C)O[Si](C)(C)CCCOC(=O)C(C)(C)CC.CCOCCOCCOC(=O)C(C)CC.[K+]. The van der Waals surface area contributed by atoms with Crippen LogP contribution in [0.25, 0.3) is 4.72 Å². The van der Waals surface area contributed by atoms with Crippen LogP contribution in [0.5, 0.6) is 0 Å². The molecule has 0 aromatic heterocycles. The standard InChI is InChI=1S/C17H38O3Si2.C12H26O5Si.C11H22O4.C9H17NO5S.K/c1-9-11-14-21(5,6)20-22(7,8)15-12-13-19-16(18)17(3,4)10-2;1-7-12(2,3)11(13)17-9-8-10-18(14-4,15-5)16-6;1-4-10(3)11(12)15-9-8-14-7-6-13-5-2;1-5-9(2,3)8(12)15-6-7(11)10-16(4,13)14;/h9-15H2,1-8H3;7-10H2,1-6H3;10H,4-9H2,1-3H3;5-6H2,1-4H3,(H,10,11);/q;;;;+1/p-1. The Bertz CT molecular complexity index is 1570. The molecule has 0 radical (unpaired) electrons. The van der Waals surface area contributed by atoms with E-state index in [2.05, 4.69) is 42.6 Å². The van der Waals surface area contributed by atoms with Gasteiger partial charge in [0.15, 0.2) is 16.6 Å². The Hall–Kier alpha value is -0.653. The van der Waals surface area contributed by atoms with Crippen molar-refractivity contribution in [1.29, 1.82) is 0 Å². The maximum absolute atomic E-state index is 11.9. The molecule has 0 rings (SSSR count). The van der Waals surface area contributed by atoms with Gasteiger partial charge in [-0.05, 0) is 125 Å². The summed E-state index contributed by atoms with van der Waals surface area (Å²) in [6.45, 7) is 36.9. The minimum atomic E-state index is -3.73. The number of sulfonamides is 1. The third-order valence-corrected chi connectivity index (χ3v) is 22.5. The van der Waals surface area contributed by atoms with Gasteiger partial charge in [0.25, 0.3) is 0 Å². The molecule has 1 atom stereocenters. The van der Waals surface area contributed by atoms with Crippen LogP contribution in [0.1, 0.15) is 141 Å². The van der Waals surface area contributed by atoms with Crippen LogP contribution in [0.2, 0.25) is 44.3 Å². The quantitative estimate of drug-likeness (QED) is 0.0267. The summed E-state index contributed by atoms with van der Waals surface area (Å²) in [5.74, 6) is -1.94. The third-order valence-electron chi connectivity index (χ3n) is 11.6. The molecule has 0 fully saturated rings.